The summed E-state index contributed by atoms with van der Waals surface area (Å²) in [7, 11) is 1.57. The molecule has 2 unspecified atom stereocenters. The van der Waals surface area contributed by atoms with Gasteiger partial charge in [0.05, 0.1) is 7.11 Å². The lowest BCUT2D eigenvalue weighted by atomic mass is 9.99. The molecule has 0 radical (unpaired) electrons. The molecule has 0 fully saturated rings. The van der Waals surface area contributed by atoms with Crippen molar-refractivity contribution in [3.63, 3.8) is 0 Å². The van der Waals surface area contributed by atoms with Gasteiger partial charge in [-0.1, -0.05) is 32.3 Å². The summed E-state index contributed by atoms with van der Waals surface area (Å²) in [6.07, 6.45) is 5.19. The Balaban J connectivity index is 2.55. The summed E-state index contributed by atoms with van der Waals surface area (Å²) in [5.74, 6) is 0.591. The third-order valence-corrected chi connectivity index (χ3v) is 7.23. The van der Waals surface area contributed by atoms with Crippen molar-refractivity contribution < 1.29 is 29.0 Å². The van der Waals surface area contributed by atoms with Crippen LogP contribution in [0.5, 0.6) is 11.5 Å². The van der Waals surface area contributed by atoms with Crippen molar-refractivity contribution in [1.29, 1.82) is 0 Å². The molecule has 0 bridgehead atoms. The van der Waals surface area contributed by atoms with Gasteiger partial charge in [-0.05, 0) is 100 Å². The lowest BCUT2D eigenvalue weighted by molar-refractivity contribution is -0.141. The first kappa shape index (κ1) is 34.8. The third kappa shape index (κ3) is 11.1. The van der Waals surface area contributed by atoms with E-state index < -0.39 is 29.7 Å². The van der Waals surface area contributed by atoms with E-state index >= 15 is 0 Å². The van der Waals surface area contributed by atoms with Crippen LogP contribution in [0.2, 0.25) is 0 Å². The number of nitrogens with one attached hydrogen (secondary N) is 2. The number of amides is 3. The number of hydrogen-bond donors (Lipinski definition) is 3. The van der Waals surface area contributed by atoms with Crippen LogP contribution < -0.4 is 15.4 Å². The van der Waals surface area contributed by atoms with E-state index in [1.54, 1.807) is 87.9 Å². The Morgan fingerprint density at radius 3 is 2.31 bits per heavy atom. The molecular weight excluding hydrogens is 554 g/mol. The van der Waals surface area contributed by atoms with Gasteiger partial charge in [-0.15, -0.1) is 0 Å². The third-order valence-electron chi connectivity index (χ3n) is 6.59. The minimum atomic E-state index is -1.02. The predicted octanol–water partition coefficient (Wildman–Crippen LogP) is 6.44. The normalized spacial score (nSPS) is 12.6. The number of ether oxygens (including phenoxy) is 2. The van der Waals surface area contributed by atoms with Gasteiger partial charge in [0.25, 0.3) is 5.91 Å². The van der Waals surface area contributed by atoms with Crippen LogP contribution in [-0.4, -0.2) is 65.2 Å². The topological polar surface area (TPSA) is 117 Å². The van der Waals surface area contributed by atoms with E-state index in [1.165, 1.54) is 6.07 Å². The Labute approximate surface area is 254 Å². The highest BCUT2D eigenvalue weighted by Crippen LogP contribution is 2.29. The second-order valence-corrected chi connectivity index (χ2v) is 12.2. The number of aromatic hydroxyl groups is 1. The lowest BCUT2D eigenvalue weighted by Crippen LogP contribution is -2.52. The maximum Gasteiger partial charge on any atom is 0.408 e. The average Bonchev–Trinajstić information content (AvgIpc) is 2.93. The first-order valence-electron chi connectivity index (χ1n) is 14.4. The standard InChI is InChI=1S/C32H47N3O6S/c1-8-9-10-11-19-35(30(38)26(18-20-42-7)34-31(39)41-32(3,4)5)28(23-12-17-27(36)22(2)21-23)29(37)33-24-13-15-25(40-6)16-14-24/h12-17,21,26,28,36H,8-11,18-20H2,1-7H3,(H,33,37)(H,34,39). The highest BCUT2D eigenvalue weighted by atomic mass is 32.2. The number of methoxy groups -OCH3 is 1. The quantitative estimate of drug-likeness (QED) is 0.201. The zero-order chi connectivity index (χ0) is 31.3. The number of alkyl carbamates (subject to hydrolysis) is 1. The van der Waals surface area contributed by atoms with E-state index in [1.807, 2.05) is 6.26 Å². The average molecular weight is 602 g/mol. The van der Waals surface area contributed by atoms with Crippen molar-refractivity contribution in [3.05, 3.63) is 53.6 Å². The van der Waals surface area contributed by atoms with E-state index in [-0.39, 0.29) is 11.7 Å². The number of carbonyl (C=O) groups is 3. The van der Waals surface area contributed by atoms with Crippen LogP contribution >= 0.6 is 11.8 Å². The van der Waals surface area contributed by atoms with Crippen molar-refractivity contribution in [2.24, 2.45) is 0 Å². The largest absolute Gasteiger partial charge is 0.508 e. The molecule has 0 spiro atoms. The Bertz CT molecular complexity index is 1170. The molecule has 0 aliphatic carbocycles. The molecular formula is C32H47N3O6S. The second kappa shape index (κ2) is 16.9. The summed E-state index contributed by atoms with van der Waals surface area (Å²) in [6.45, 7) is 9.45. The summed E-state index contributed by atoms with van der Waals surface area (Å²) in [5, 5.41) is 15.9. The molecule has 0 aliphatic heterocycles. The molecule has 0 aliphatic rings. The number of unbranched alkanes of at least 4 members (excludes halogenated alkanes) is 3. The minimum Gasteiger partial charge on any atom is -0.508 e. The molecule has 0 saturated carbocycles. The van der Waals surface area contributed by atoms with E-state index in [4.69, 9.17) is 9.47 Å². The summed E-state index contributed by atoms with van der Waals surface area (Å²) < 4.78 is 10.7. The summed E-state index contributed by atoms with van der Waals surface area (Å²) in [6, 6.07) is 9.94. The van der Waals surface area contributed by atoms with Crippen molar-refractivity contribution in [2.75, 3.05) is 31.0 Å². The molecule has 3 amide bonds. The maximum absolute atomic E-state index is 14.3. The number of phenolic OH excluding ortho intramolecular Hbond substituents is 1. The SMILES string of the molecule is CCCCCCN(C(=O)C(CCSC)NC(=O)OC(C)(C)C)C(C(=O)Nc1ccc(OC)cc1)c1ccc(O)c(C)c1. The molecule has 10 heteroatoms. The summed E-state index contributed by atoms with van der Waals surface area (Å²) in [5.41, 5.74) is 0.951. The van der Waals surface area contributed by atoms with Gasteiger partial charge in [-0.2, -0.15) is 11.8 Å². The fourth-order valence-electron chi connectivity index (χ4n) is 4.43. The monoisotopic (exact) mass is 601 g/mol. The molecule has 2 atom stereocenters. The number of benzene rings is 2. The number of anilines is 1. The summed E-state index contributed by atoms with van der Waals surface area (Å²) >= 11 is 1.56. The number of phenols is 1. The first-order chi connectivity index (χ1) is 19.9. The van der Waals surface area contributed by atoms with Crippen LogP contribution in [0.3, 0.4) is 0 Å². The van der Waals surface area contributed by atoms with E-state index in [2.05, 4.69) is 17.6 Å². The van der Waals surface area contributed by atoms with Gasteiger partial charge in [0.1, 0.15) is 29.2 Å². The second-order valence-electron chi connectivity index (χ2n) is 11.2. The number of nitrogens with zero attached hydrogens (tertiary/aromatic N) is 1. The molecule has 0 heterocycles. The summed E-state index contributed by atoms with van der Waals surface area (Å²) in [4.78, 5) is 42.7. The van der Waals surface area contributed by atoms with E-state index in [0.717, 1.165) is 19.3 Å². The smallest absolute Gasteiger partial charge is 0.408 e. The van der Waals surface area contributed by atoms with Gasteiger partial charge >= 0.3 is 6.09 Å². The Morgan fingerprint density at radius 2 is 1.74 bits per heavy atom. The van der Waals surface area contributed by atoms with Gasteiger partial charge < -0.3 is 30.1 Å². The lowest BCUT2D eigenvalue weighted by Gasteiger charge is -2.35. The van der Waals surface area contributed by atoms with Crippen molar-refractivity contribution >= 4 is 35.4 Å². The van der Waals surface area contributed by atoms with Gasteiger partial charge in [-0.25, -0.2) is 4.79 Å². The Hall–Kier alpha value is -3.40. The maximum atomic E-state index is 14.3. The zero-order valence-corrected chi connectivity index (χ0v) is 26.8. The minimum absolute atomic E-state index is 0.0957. The number of aryl methyl sites for hydroxylation is 1. The van der Waals surface area contributed by atoms with Crippen LogP contribution in [0.4, 0.5) is 10.5 Å². The Morgan fingerprint density at radius 1 is 1.05 bits per heavy atom. The fraction of sp³-hybridized carbons (Fsp3) is 0.531. The highest BCUT2D eigenvalue weighted by Gasteiger charge is 2.36. The predicted molar refractivity (Wildman–Crippen MR) is 169 cm³/mol. The van der Waals surface area contributed by atoms with E-state index in [9.17, 15) is 19.5 Å². The molecule has 3 N–H and O–H groups in total. The zero-order valence-electron chi connectivity index (χ0n) is 26.0. The number of hydrogen-bond acceptors (Lipinski definition) is 7. The molecule has 232 valence electrons. The Kier molecular flexibility index (Phi) is 14.0. The van der Waals surface area contributed by atoms with Crippen LogP contribution in [0.1, 0.15) is 77.0 Å². The van der Waals surface area contributed by atoms with Crippen LogP contribution in [0.25, 0.3) is 0 Å². The fourth-order valence-corrected chi connectivity index (χ4v) is 4.90. The molecule has 0 aromatic heterocycles. The van der Waals surface area contributed by atoms with Crippen molar-refractivity contribution in [2.45, 2.75) is 84.4 Å². The number of rotatable bonds is 15. The van der Waals surface area contributed by atoms with Crippen LogP contribution in [0, 0.1) is 6.92 Å². The van der Waals surface area contributed by atoms with Crippen LogP contribution in [-0.2, 0) is 14.3 Å². The van der Waals surface area contributed by atoms with Gasteiger partial charge in [-0.3, -0.25) is 9.59 Å². The van der Waals surface area contributed by atoms with Crippen molar-refractivity contribution in [1.82, 2.24) is 10.2 Å². The molecule has 2 rings (SSSR count). The molecule has 9 nitrogen and oxygen atoms in total. The van der Waals surface area contributed by atoms with Gasteiger partial charge in [0, 0.05) is 12.2 Å². The van der Waals surface area contributed by atoms with E-state index in [0.29, 0.717) is 47.7 Å². The first-order valence-corrected chi connectivity index (χ1v) is 15.8. The molecule has 2 aromatic rings. The number of thioether (sulfide) groups is 1. The molecule has 2 aromatic carbocycles. The molecule has 0 saturated heterocycles. The van der Waals surface area contributed by atoms with Gasteiger partial charge in [0.2, 0.25) is 5.91 Å². The molecule has 42 heavy (non-hydrogen) atoms. The number of carbonyl (C=O) groups excluding carboxylic acids is 3. The van der Waals surface area contributed by atoms with Crippen LogP contribution in [0.15, 0.2) is 42.5 Å². The van der Waals surface area contributed by atoms with Gasteiger partial charge in [0.15, 0.2) is 0 Å². The van der Waals surface area contributed by atoms with Crippen molar-refractivity contribution in [3.8, 4) is 11.5 Å². The highest BCUT2D eigenvalue weighted by molar-refractivity contribution is 7.98.